The second-order valence-corrected chi connectivity index (χ2v) is 2.58. The van der Waals surface area contributed by atoms with Crippen LogP contribution in [-0.2, 0) is 4.74 Å². The molecule has 0 aliphatic carbocycles. The minimum Gasteiger partial charge on any atom is -0.384 e. The molecule has 1 aliphatic heterocycles. The van der Waals surface area contributed by atoms with E-state index in [1.807, 2.05) is 0 Å². The maximum Gasteiger partial charge on any atom is 0.0989 e. The van der Waals surface area contributed by atoms with Gasteiger partial charge in [-0.25, -0.2) is 0 Å². The van der Waals surface area contributed by atoms with Gasteiger partial charge in [0.15, 0.2) is 0 Å². The molecule has 3 heteroatoms. The standard InChI is InChI=1S/C7H14N2O/c1-6-5-8-7(9-6)3-4-10-2/h6H,3-5H2,1-2H3,(H,8,9). The number of aliphatic imine (C=N–C) groups is 1. The maximum atomic E-state index is 4.92. The van der Waals surface area contributed by atoms with Crippen molar-refractivity contribution in [2.45, 2.75) is 19.4 Å². The number of amidine groups is 1. The Balaban J connectivity index is 2.17. The Hall–Kier alpha value is -0.570. The first kappa shape index (κ1) is 7.54. The lowest BCUT2D eigenvalue weighted by molar-refractivity contribution is 0.207. The molecule has 1 N–H and O–H groups in total. The second kappa shape index (κ2) is 3.56. The minimum atomic E-state index is 0.520. The number of hydrogen-bond acceptors (Lipinski definition) is 3. The summed E-state index contributed by atoms with van der Waals surface area (Å²) in [6.45, 7) is 3.81. The number of hydrogen-bond donors (Lipinski definition) is 1. The zero-order valence-corrected chi connectivity index (χ0v) is 6.55. The molecule has 1 aliphatic rings. The smallest absolute Gasteiger partial charge is 0.0989 e. The molecule has 0 fully saturated rings. The van der Waals surface area contributed by atoms with Crippen molar-refractivity contribution < 1.29 is 4.74 Å². The van der Waals surface area contributed by atoms with Crippen molar-refractivity contribution in [2.75, 3.05) is 20.3 Å². The van der Waals surface area contributed by atoms with Crippen LogP contribution < -0.4 is 5.32 Å². The van der Waals surface area contributed by atoms with Gasteiger partial charge in [-0.2, -0.15) is 0 Å². The first-order chi connectivity index (χ1) is 4.83. The summed E-state index contributed by atoms with van der Waals surface area (Å²) in [5.74, 6) is 1.09. The van der Waals surface area contributed by atoms with E-state index in [0.29, 0.717) is 6.04 Å². The van der Waals surface area contributed by atoms with Crippen LogP contribution in [0.15, 0.2) is 4.99 Å². The number of rotatable bonds is 3. The number of ether oxygens (including phenoxy) is 1. The molecular formula is C7H14N2O. The molecule has 0 spiro atoms. The van der Waals surface area contributed by atoms with Crippen molar-refractivity contribution >= 4 is 5.84 Å². The molecule has 3 nitrogen and oxygen atoms in total. The molecule has 1 rings (SSSR count). The van der Waals surface area contributed by atoms with Crippen LogP contribution in [0.5, 0.6) is 0 Å². The van der Waals surface area contributed by atoms with E-state index in [4.69, 9.17) is 4.74 Å². The van der Waals surface area contributed by atoms with E-state index < -0.39 is 0 Å². The van der Waals surface area contributed by atoms with Gasteiger partial charge in [0.1, 0.15) is 0 Å². The predicted octanol–water partition coefficient (Wildman–Crippen LogP) is 0.413. The molecule has 1 unspecified atom stereocenters. The summed E-state index contributed by atoms with van der Waals surface area (Å²) in [5.41, 5.74) is 0. The topological polar surface area (TPSA) is 33.6 Å². The summed E-state index contributed by atoms with van der Waals surface area (Å²) in [4.78, 5) is 4.28. The third-order valence-corrected chi connectivity index (χ3v) is 1.51. The molecule has 0 saturated heterocycles. The highest BCUT2D eigenvalue weighted by Crippen LogP contribution is 1.97. The molecule has 58 valence electrons. The van der Waals surface area contributed by atoms with Crippen LogP contribution in [0, 0.1) is 0 Å². The fourth-order valence-electron chi connectivity index (χ4n) is 0.973. The van der Waals surface area contributed by atoms with Crippen molar-refractivity contribution in [2.24, 2.45) is 4.99 Å². The number of methoxy groups -OCH3 is 1. The molecule has 1 heterocycles. The zero-order chi connectivity index (χ0) is 7.40. The lowest BCUT2D eigenvalue weighted by Crippen LogP contribution is -2.27. The van der Waals surface area contributed by atoms with Crippen molar-refractivity contribution in [1.82, 2.24) is 5.32 Å². The minimum absolute atomic E-state index is 0.520. The normalized spacial score (nSPS) is 24.2. The highest BCUT2D eigenvalue weighted by Gasteiger charge is 2.10. The number of nitrogens with zero attached hydrogens (tertiary/aromatic N) is 1. The molecule has 0 bridgehead atoms. The summed E-state index contributed by atoms with van der Waals surface area (Å²) >= 11 is 0. The van der Waals surface area contributed by atoms with E-state index >= 15 is 0 Å². The molecular weight excluding hydrogens is 128 g/mol. The average molecular weight is 142 g/mol. The quantitative estimate of drug-likeness (QED) is 0.619. The largest absolute Gasteiger partial charge is 0.384 e. The van der Waals surface area contributed by atoms with E-state index in [2.05, 4.69) is 17.2 Å². The van der Waals surface area contributed by atoms with Crippen LogP contribution in [0.2, 0.25) is 0 Å². The van der Waals surface area contributed by atoms with E-state index in [0.717, 1.165) is 25.4 Å². The first-order valence-corrected chi connectivity index (χ1v) is 3.61. The molecule has 0 aromatic rings. The van der Waals surface area contributed by atoms with Gasteiger partial charge in [0, 0.05) is 19.6 Å². The summed E-state index contributed by atoms with van der Waals surface area (Å²) in [6.07, 6.45) is 0.918. The van der Waals surface area contributed by atoms with Gasteiger partial charge in [-0.3, -0.25) is 4.99 Å². The fourth-order valence-corrected chi connectivity index (χ4v) is 0.973. The third kappa shape index (κ3) is 1.99. The van der Waals surface area contributed by atoms with Crippen LogP contribution in [0.3, 0.4) is 0 Å². The SMILES string of the molecule is COCCC1=NCC(C)N1. The van der Waals surface area contributed by atoms with Crippen molar-refractivity contribution in [1.29, 1.82) is 0 Å². The highest BCUT2D eigenvalue weighted by molar-refractivity contribution is 5.84. The van der Waals surface area contributed by atoms with E-state index in [-0.39, 0.29) is 0 Å². The summed E-state index contributed by atoms with van der Waals surface area (Å²) in [7, 11) is 1.71. The monoisotopic (exact) mass is 142 g/mol. The van der Waals surface area contributed by atoms with Crippen LogP contribution in [0.1, 0.15) is 13.3 Å². The molecule has 0 saturated carbocycles. The van der Waals surface area contributed by atoms with Crippen molar-refractivity contribution in [3.8, 4) is 0 Å². The predicted molar refractivity (Wildman–Crippen MR) is 41.4 cm³/mol. The number of nitrogens with one attached hydrogen (secondary N) is 1. The van der Waals surface area contributed by atoms with Crippen LogP contribution in [-0.4, -0.2) is 32.1 Å². The van der Waals surface area contributed by atoms with E-state index in [1.165, 1.54) is 0 Å². The van der Waals surface area contributed by atoms with Gasteiger partial charge in [0.2, 0.25) is 0 Å². The Morgan fingerprint density at radius 3 is 3.10 bits per heavy atom. The lowest BCUT2D eigenvalue weighted by atomic mass is 10.3. The maximum absolute atomic E-state index is 4.92. The van der Waals surface area contributed by atoms with Gasteiger partial charge in [0.25, 0.3) is 0 Å². The molecule has 0 radical (unpaired) electrons. The highest BCUT2D eigenvalue weighted by atomic mass is 16.5. The molecule has 10 heavy (non-hydrogen) atoms. The molecule has 0 aromatic carbocycles. The fraction of sp³-hybridized carbons (Fsp3) is 0.857. The summed E-state index contributed by atoms with van der Waals surface area (Å²) in [6, 6.07) is 0.520. The van der Waals surface area contributed by atoms with Gasteiger partial charge < -0.3 is 10.1 Å². The Morgan fingerprint density at radius 1 is 1.80 bits per heavy atom. The Labute approximate surface area is 61.5 Å². The Bertz CT molecular complexity index is 134. The van der Waals surface area contributed by atoms with Gasteiger partial charge in [-0.05, 0) is 6.92 Å². The molecule has 0 aromatic heterocycles. The first-order valence-electron chi connectivity index (χ1n) is 3.61. The van der Waals surface area contributed by atoms with Crippen LogP contribution >= 0.6 is 0 Å². The van der Waals surface area contributed by atoms with Gasteiger partial charge in [-0.15, -0.1) is 0 Å². The van der Waals surface area contributed by atoms with E-state index in [9.17, 15) is 0 Å². The average Bonchev–Trinajstić information content (AvgIpc) is 2.31. The third-order valence-electron chi connectivity index (χ3n) is 1.51. The van der Waals surface area contributed by atoms with Gasteiger partial charge >= 0.3 is 0 Å². The zero-order valence-electron chi connectivity index (χ0n) is 6.55. The van der Waals surface area contributed by atoms with Gasteiger partial charge in [0.05, 0.1) is 19.0 Å². The summed E-state index contributed by atoms with van der Waals surface area (Å²) < 4.78 is 4.92. The van der Waals surface area contributed by atoms with Crippen molar-refractivity contribution in [3.63, 3.8) is 0 Å². The van der Waals surface area contributed by atoms with E-state index in [1.54, 1.807) is 7.11 Å². The van der Waals surface area contributed by atoms with Crippen LogP contribution in [0.4, 0.5) is 0 Å². The summed E-state index contributed by atoms with van der Waals surface area (Å²) in [5, 5.41) is 3.26. The van der Waals surface area contributed by atoms with Gasteiger partial charge in [-0.1, -0.05) is 0 Å². The molecule has 1 atom stereocenters. The van der Waals surface area contributed by atoms with Crippen molar-refractivity contribution in [3.05, 3.63) is 0 Å². The molecule has 0 amide bonds. The van der Waals surface area contributed by atoms with Crippen LogP contribution in [0.25, 0.3) is 0 Å². The Kier molecular flexibility index (Phi) is 2.68. The lowest BCUT2D eigenvalue weighted by Gasteiger charge is -2.04. The Morgan fingerprint density at radius 2 is 2.60 bits per heavy atom. The second-order valence-electron chi connectivity index (χ2n) is 2.58.